The first-order valence-electron chi connectivity index (χ1n) is 4.13. The van der Waals surface area contributed by atoms with E-state index in [4.69, 9.17) is 25.2 Å². The van der Waals surface area contributed by atoms with Crippen molar-refractivity contribution in [1.29, 1.82) is 0 Å². The van der Waals surface area contributed by atoms with E-state index in [1.807, 2.05) is 0 Å². The third-order valence-corrected chi connectivity index (χ3v) is 1.32. The lowest BCUT2D eigenvalue weighted by atomic mass is 10.2. The van der Waals surface area contributed by atoms with Crippen LogP contribution in [0.2, 0.25) is 0 Å². The maximum Gasteiger partial charge on any atom is 0.320 e. The molecule has 1 heterocycles. The number of aliphatic carboxylic acids is 2. The Hall–Kier alpha value is -1.82. The summed E-state index contributed by atoms with van der Waals surface area (Å²) in [6, 6.07) is 2.52. The van der Waals surface area contributed by atoms with E-state index in [0.29, 0.717) is 5.76 Å². The number of rotatable bonds is 3. The Labute approximate surface area is 86.3 Å². The van der Waals surface area contributed by atoms with Gasteiger partial charge in [0.1, 0.15) is 11.8 Å². The lowest BCUT2D eigenvalue weighted by molar-refractivity contribution is -0.138. The summed E-state index contributed by atoms with van der Waals surface area (Å²) >= 11 is 0. The van der Waals surface area contributed by atoms with Crippen LogP contribution in [0.4, 0.5) is 0 Å². The van der Waals surface area contributed by atoms with Gasteiger partial charge in [-0.05, 0) is 12.1 Å². The van der Waals surface area contributed by atoms with Gasteiger partial charge in [-0.15, -0.1) is 0 Å². The minimum atomic E-state index is -1.01. The summed E-state index contributed by atoms with van der Waals surface area (Å²) in [6.07, 6.45) is 1.73. The number of carbonyl (C=O) groups is 2. The highest BCUT2D eigenvalue weighted by Gasteiger charge is 2.12. The molecule has 0 aliphatic carbocycles. The predicted molar refractivity (Wildman–Crippen MR) is 51.3 cm³/mol. The van der Waals surface area contributed by atoms with E-state index in [-0.39, 0.29) is 6.42 Å². The van der Waals surface area contributed by atoms with Crippen LogP contribution in [0.3, 0.4) is 0 Å². The molecule has 0 spiro atoms. The van der Waals surface area contributed by atoms with Gasteiger partial charge < -0.3 is 20.4 Å². The molecular weight excluding hydrogens is 202 g/mol. The number of hydrogen-bond acceptors (Lipinski definition) is 4. The zero-order valence-electron chi connectivity index (χ0n) is 8.21. The zero-order chi connectivity index (χ0) is 11.8. The summed E-state index contributed by atoms with van der Waals surface area (Å²) in [5.74, 6) is -1.25. The van der Waals surface area contributed by atoms with Gasteiger partial charge in [-0.2, -0.15) is 0 Å². The van der Waals surface area contributed by atoms with Crippen LogP contribution in [0.25, 0.3) is 0 Å². The third-order valence-electron chi connectivity index (χ3n) is 1.32. The second-order valence-corrected chi connectivity index (χ2v) is 2.75. The van der Waals surface area contributed by atoms with Crippen molar-refractivity contribution in [2.24, 2.45) is 5.73 Å². The molecule has 6 heteroatoms. The molecule has 0 fully saturated rings. The molecule has 0 saturated carbocycles. The predicted octanol–water partition coefficient (Wildman–Crippen LogP) is 0.325. The van der Waals surface area contributed by atoms with Crippen molar-refractivity contribution in [3.05, 3.63) is 24.2 Å². The van der Waals surface area contributed by atoms with Gasteiger partial charge in [0, 0.05) is 13.3 Å². The Morgan fingerprint density at radius 3 is 2.40 bits per heavy atom. The van der Waals surface area contributed by atoms with E-state index in [1.165, 1.54) is 6.26 Å². The Morgan fingerprint density at radius 1 is 1.53 bits per heavy atom. The summed E-state index contributed by atoms with van der Waals surface area (Å²) in [6.45, 7) is 1.08. The molecule has 0 aliphatic heterocycles. The lowest BCUT2D eigenvalue weighted by Crippen LogP contribution is -2.32. The maximum absolute atomic E-state index is 10.3. The molecular formula is C9H13NO5. The van der Waals surface area contributed by atoms with Crippen molar-refractivity contribution < 1.29 is 24.2 Å². The van der Waals surface area contributed by atoms with E-state index in [2.05, 4.69) is 0 Å². The summed E-state index contributed by atoms with van der Waals surface area (Å²) < 4.78 is 4.91. The molecule has 0 aromatic carbocycles. The highest BCUT2D eigenvalue weighted by molar-refractivity contribution is 5.73. The van der Waals surface area contributed by atoms with Gasteiger partial charge in [0.2, 0.25) is 0 Å². The van der Waals surface area contributed by atoms with E-state index in [1.54, 1.807) is 12.1 Å². The molecule has 0 bridgehead atoms. The molecule has 0 saturated heterocycles. The normalized spacial score (nSPS) is 11.1. The smallest absolute Gasteiger partial charge is 0.320 e. The van der Waals surface area contributed by atoms with Gasteiger partial charge in [-0.1, -0.05) is 0 Å². The van der Waals surface area contributed by atoms with Crippen LogP contribution in [-0.4, -0.2) is 28.2 Å². The fraction of sp³-hybridized carbons (Fsp3) is 0.333. The largest absolute Gasteiger partial charge is 0.481 e. The number of carboxylic acids is 2. The molecule has 0 radical (unpaired) electrons. The van der Waals surface area contributed by atoms with E-state index in [0.717, 1.165) is 6.92 Å². The number of nitrogens with two attached hydrogens (primary N) is 1. The highest BCUT2D eigenvalue weighted by Crippen LogP contribution is 2.02. The zero-order valence-corrected chi connectivity index (χ0v) is 8.21. The van der Waals surface area contributed by atoms with Crippen LogP contribution in [0, 0.1) is 0 Å². The summed E-state index contributed by atoms with van der Waals surface area (Å²) in [4.78, 5) is 19.3. The van der Waals surface area contributed by atoms with E-state index >= 15 is 0 Å². The first kappa shape index (κ1) is 13.2. The third kappa shape index (κ3) is 7.27. The van der Waals surface area contributed by atoms with Crippen molar-refractivity contribution >= 4 is 11.9 Å². The Bertz CT molecular complexity index is 302. The summed E-state index contributed by atoms with van der Waals surface area (Å²) in [5.41, 5.74) is 5.25. The molecule has 6 nitrogen and oxygen atoms in total. The van der Waals surface area contributed by atoms with Gasteiger partial charge in [0.05, 0.1) is 6.26 Å². The average Bonchev–Trinajstić information content (AvgIpc) is 2.55. The van der Waals surface area contributed by atoms with E-state index in [9.17, 15) is 4.79 Å². The number of furan rings is 1. The minimum absolute atomic E-state index is 0.238. The molecule has 4 N–H and O–H groups in total. The Kier molecular flexibility index (Phi) is 5.81. The molecule has 0 amide bonds. The molecule has 84 valence electrons. The van der Waals surface area contributed by atoms with Gasteiger partial charge in [-0.3, -0.25) is 9.59 Å². The number of hydrogen-bond donors (Lipinski definition) is 3. The van der Waals surface area contributed by atoms with Crippen molar-refractivity contribution in [3.63, 3.8) is 0 Å². The SMILES string of the molecule is CC(=O)O.NC(Cc1ccco1)C(=O)O. The van der Waals surface area contributed by atoms with Crippen LogP contribution in [0.1, 0.15) is 12.7 Å². The second-order valence-electron chi connectivity index (χ2n) is 2.75. The molecule has 15 heavy (non-hydrogen) atoms. The molecule has 0 aliphatic rings. The van der Waals surface area contributed by atoms with Crippen LogP contribution < -0.4 is 5.73 Å². The molecule has 1 aromatic heterocycles. The van der Waals surface area contributed by atoms with Crippen LogP contribution in [0.5, 0.6) is 0 Å². The first-order valence-corrected chi connectivity index (χ1v) is 4.13. The van der Waals surface area contributed by atoms with Crippen molar-refractivity contribution in [2.45, 2.75) is 19.4 Å². The van der Waals surface area contributed by atoms with Crippen LogP contribution in [0.15, 0.2) is 22.8 Å². The van der Waals surface area contributed by atoms with Gasteiger partial charge in [0.15, 0.2) is 0 Å². The summed E-state index contributed by atoms with van der Waals surface area (Å²) in [5, 5.41) is 15.8. The monoisotopic (exact) mass is 215 g/mol. The van der Waals surface area contributed by atoms with Crippen molar-refractivity contribution in [1.82, 2.24) is 0 Å². The van der Waals surface area contributed by atoms with Crippen LogP contribution in [-0.2, 0) is 16.0 Å². The molecule has 1 unspecified atom stereocenters. The summed E-state index contributed by atoms with van der Waals surface area (Å²) in [7, 11) is 0. The van der Waals surface area contributed by atoms with Crippen molar-refractivity contribution in [3.8, 4) is 0 Å². The fourth-order valence-corrected chi connectivity index (χ4v) is 0.733. The average molecular weight is 215 g/mol. The van der Waals surface area contributed by atoms with Crippen LogP contribution >= 0.6 is 0 Å². The topological polar surface area (TPSA) is 114 Å². The quantitative estimate of drug-likeness (QED) is 0.669. The van der Waals surface area contributed by atoms with Gasteiger partial charge in [0.25, 0.3) is 5.97 Å². The van der Waals surface area contributed by atoms with E-state index < -0.39 is 18.0 Å². The van der Waals surface area contributed by atoms with Crippen molar-refractivity contribution in [2.75, 3.05) is 0 Å². The maximum atomic E-state index is 10.3. The second kappa shape index (κ2) is 6.61. The van der Waals surface area contributed by atoms with Gasteiger partial charge in [-0.25, -0.2) is 0 Å². The molecule has 1 rings (SSSR count). The highest BCUT2D eigenvalue weighted by atomic mass is 16.4. The Balaban J connectivity index is 0.000000423. The molecule has 1 aromatic rings. The Morgan fingerprint density at radius 2 is 2.07 bits per heavy atom. The first-order chi connectivity index (χ1) is 6.93. The van der Waals surface area contributed by atoms with Gasteiger partial charge >= 0.3 is 5.97 Å². The minimum Gasteiger partial charge on any atom is -0.481 e. The molecule has 1 atom stereocenters. The lowest BCUT2D eigenvalue weighted by Gasteiger charge is -2.01. The standard InChI is InChI=1S/C7H9NO3.C2H4O2/c8-6(7(9)10)4-5-2-1-3-11-5;1-2(3)4/h1-3,6H,4,8H2,(H,9,10);1H3,(H,3,4). The fourth-order valence-electron chi connectivity index (χ4n) is 0.733. The number of carboxylic acid groups (broad SMARTS) is 2.